The van der Waals surface area contributed by atoms with Crippen molar-refractivity contribution in [3.63, 3.8) is 0 Å². The average molecular weight is 227 g/mol. The Hall–Kier alpha value is -2.23. The van der Waals surface area contributed by atoms with Gasteiger partial charge in [-0.3, -0.25) is 0 Å². The molecule has 0 radical (unpaired) electrons. The molecule has 0 spiro atoms. The largest absolute Gasteiger partial charge is 0.418 e. The van der Waals surface area contributed by atoms with Gasteiger partial charge in [0, 0.05) is 0 Å². The van der Waals surface area contributed by atoms with E-state index in [1.165, 1.54) is 6.07 Å². The van der Waals surface area contributed by atoms with Crippen LogP contribution in [0.2, 0.25) is 0 Å². The predicted octanol–water partition coefficient (Wildman–Crippen LogP) is 1.75. The molecule has 2 rings (SSSR count). The van der Waals surface area contributed by atoms with Crippen molar-refractivity contribution in [3.05, 3.63) is 33.7 Å². The van der Waals surface area contributed by atoms with Gasteiger partial charge in [-0.05, 0) is 12.1 Å². The van der Waals surface area contributed by atoms with Gasteiger partial charge in [-0.25, -0.2) is 4.79 Å². The molecular formula is C9H4F3N3O. The molecule has 1 heterocycles. The average Bonchev–Trinajstić information content (AvgIpc) is 2.54. The fourth-order valence-electron chi connectivity index (χ4n) is 1.43. The van der Waals surface area contributed by atoms with Crippen LogP contribution in [0.1, 0.15) is 11.1 Å². The Bertz CT molecular complexity index is 645. The number of imidazole rings is 1. The van der Waals surface area contributed by atoms with Crippen molar-refractivity contribution in [3.8, 4) is 6.07 Å². The minimum Gasteiger partial charge on any atom is -0.306 e. The van der Waals surface area contributed by atoms with Crippen LogP contribution in [0, 0.1) is 11.3 Å². The molecule has 2 N–H and O–H groups in total. The number of hydrogen-bond acceptors (Lipinski definition) is 2. The molecule has 4 nitrogen and oxygen atoms in total. The maximum Gasteiger partial charge on any atom is 0.418 e. The number of halogens is 3. The number of rotatable bonds is 0. The molecule has 0 unspecified atom stereocenters. The molecule has 0 aliphatic heterocycles. The summed E-state index contributed by atoms with van der Waals surface area (Å²) in [6, 6.07) is 3.49. The Morgan fingerprint density at radius 1 is 1.25 bits per heavy atom. The molecule has 7 heteroatoms. The second-order valence-electron chi connectivity index (χ2n) is 3.14. The van der Waals surface area contributed by atoms with Crippen LogP contribution in [0.15, 0.2) is 16.9 Å². The molecule has 16 heavy (non-hydrogen) atoms. The SMILES string of the molecule is N#Cc1cc(C(F)(F)F)c2[nH]c(=O)[nH]c2c1. The second kappa shape index (κ2) is 3.13. The number of hydrogen-bond donors (Lipinski definition) is 2. The second-order valence-corrected chi connectivity index (χ2v) is 3.14. The van der Waals surface area contributed by atoms with Gasteiger partial charge >= 0.3 is 11.9 Å². The Kier molecular flexibility index (Phi) is 2.01. The van der Waals surface area contributed by atoms with E-state index in [9.17, 15) is 18.0 Å². The summed E-state index contributed by atoms with van der Waals surface area (Å²) in [7, 11) is 0. The van der Waals surface area contributed by atoms with Gasteiger partial charge < -0.3 is 9.97 Å². The molecule has 0 fully saturated rings. The fourth-order valence-corrected chi connectivity index (χ4v) is 1.43. The third-order valence-corrected chi connectivity index (χ3v) is 2.06. The Morgan fingerprint density at radius 2 is 1.94 bits per heavy atom. The highest BCUT2D eigenvalue weighted by atomic mass is 19.4. The van der Waals surface area contributed by atoms with E-state index in [0.29, 0.717) is 6.07 Å². The molecule has 0 amide bonds. The van der Waals surface area contributed by atoms with E-state index in [4.69, 9.17) is 5.26 Å². The van der Waals surface area contributed by atoms with Gasteiger partial charge in [0.05, 0.1) is 28.2 Å². The minimum atomic E-state index is -4.61. The van der Waals surface area contributed by atoms with Crippen LogP contribution in [0.5, 0.6) is 0 Å². The van der Waals surface area contributed by atoms with Crippen LogP contribution < -0.4 is 5.69 Å². The lowest BCUT2D eigenvalue weighted by Crippen LogP contribution is -2.07. The number of aromatic nitrogens is 2. The summed E-state index contributed by atoms with van der Waals surface area (Å²) in [5.41, 5.74) is -2.29. The highest BCUT2D eigenvalue weighted by molar-refractivity contribution is 5.80. The quantitative estimate of drug-likeness (QED) is 0.719. The molecule has 0 atom stereocenters. The summed E-state index contributed by atoms with van der Waals surface area (Å²) in [5.74, 6) is 0. The van der Waals surface area contributed by atoms with Gasteiger partial charge in [-0.15, -0.1) is 0 Å². The summed E-state index contributed by atoms with van der Waals surface area (Å²) in [5, 5.41) is 8.57. The molecule has 0 saturated carbocycles. The monoisotopic (exact) mass is 227 g/mol. The van der Waals surface area contributed by atoms with E-state index in [2.05, 4.69) is 4.98 Å². The molecule has 2 aromatic rings. The van der Waals surface area contributed by atoms with E-state index < -0.39 is 17.4 Å². The van der Waals surface area contributed by atoms with Crippen molar-refractivity contribution in [1.29, 1.82) is 5.26 Å². The van der Waals surface area contributed by atoms with E-state index in [0.717, 1.165) is 0 Å². The highest BCUT2D eigenvalue weighted by Crippen LogP contribution is 2.33. The first-order chi connectivity index (χ1) is 7.41. The van der Waals surface area contributed by atoms with Crippen LogP contribution in [-0.4, -0.2) is 9.97 Å². The van der Waals surface area contributed by atoms with Crippen LogP contribution in [0.3, 0.4) is 0 Å². The van der Waals surface area contributed by atoms with Crippen molar-refractivity contribution in [2.45, 2.75) is 6.18 Å². The summed E-state index contributed by atoms with van der Waals surface area (Å²) in [4.78, 5) is 15.1. The van der Waals surface area contributed by atoms with Gasteiger partial charge in [-0.1, -0.05) is 0 Å². The molecule has 0 bridgehead atoms. The van der Waals surface area contributed by atoms with Crippen molar-refractivity contribution in [2.75, 3.05) is 0 Å². The number of nitriles is 1. The van der Waals surface area contributed by atoms with Gasteiger partial charge in [0.1, 0.15) is 0 Å². The first-order valence-electron chi connectivity index (χ1n) is 4.15. The number of nitrogens with one attached hydrogen (secondary N) is 2. The topological polar surface area (TPSA) is 72.4 Å². The summed E-state index contributed by atoms with van der Waals surface area (Å²) >= 11 is 0. The lowest BCUT2D eigenvalue weighted by molar-refractivity contribution is -0.136. The van der Waals surface area contributed by atoms with Gasteiger partial charge in [0.25, 0.3) is 0 Å². The minimum absolute atomic E-state index is 0.0311. The van der Waals surface area contributed by atoms with Gasteiger partial charge in [0.15, 0.2) is 0 Å². The smallest absolute Gasteiger partial charge is 0.306 e. The number of benzene rings is 1. The number of fused-ring (bicyclic) bond motifs is 1. The van der Waals surface area contributed by atoms with Crippen molar-refractivity contribution in [1.82, 2.24) is 9.97 Å². The Balaban J connectivity index is 2.90. The third kappa shape index (κ3) is 1.54. The predicted molar refractivity (Wildman–Crippen MR) is 48.6 cm³/mol. The lowest BCUT2D eigenvalue weighted by atomic mass is 10.1. The molecule has 1 aromatic carbocycles. The van der Waals surface area contributed by atoms with Crippen molar-refractivity contribution >= 4 is 11.0 Å². The zero-order valence-electron chi connectivity index (χ0n) is 7.64. The Labute approximate surface area is 86.3 Å². The first kappa shape index (κ1) is 10.3. The highest BCUT2D eigenvalue weighted by Gasteiger charge is 2.34. The van der Waals surface area contributed by atoms with Crippen molar-refractivity contribution < 1.29 is 13.2 Å². The maximum absolute atomic E-state index is 12.6. The maximum atomic E-state index is 12.6. The Morgan fingerprint density at radius 3 is 2.50 bits per heavy atom. The molecule has 1 aromatic heterocycles. The van der Waals surface area contributed by atoms with Crippen LogP contribution in [-0.2, 0) is 6.18 Å². The van der Waals surface area contributed by atoms with Crippen LogP contribution in [0.25, 0.3) is 11.0 Å². The van der Waals surface area contributed by atoms with Gasteiger partial charge in [-0.2, -0.15) is 18.4 Å². The van der Waals surface area contributed by atoms with E-state index >= 15 is 0 Å². The number of aromatic amines is 2. The van der Waals surface area contributed by atoms with E-state index in [1.54, 1.807) is 6.07 Å². The normalized spacial score (nSPS) is 11.6. The van der Waals surface area contributed by atoms with Gasteiger partial charge in [0.2, 0.25) is 0 Å². The number of nitrogens with zero attached hydrogens (tertiary/aromatic N) is 1. The molecule has 0 aliphatic carbocycles. The standard InChI is InChI=1S/C9H4F3N3O/c10-9(11,12)5-1-4(3-13)2-6-7(5)15-8(16)14-6/h1-2H,(H2,14,15,16). The van der Waals surface area contributed by atoms with Crippen molar-refractivity contribution in [2.24, 2.45) is 0 Å². The van der Waals surface area contributed by atoms with Crippen LogP contribution >= 0.6 is 0 Å². The summed E-state index contributed by atoms with van der Waals surface area (Å²) < 4.78 is 37.8. The fraction of sp³-hybridized carbons (Fsp3) is 0.111. The van der Waals surface area contributed by atoms with Crippen LogP contribution in [0.4, 0.5) is 13.2 Å². The zero-order valence-corrected chi connectivity index (χ0v) is 7.64. The molecular weight excluding hydrogens is 223 g/mol. The number of H-pyrrole nitrogens is 2. The third-order valence-electron chi connectivity index (χ3n) is 2.06. The van der Waals surface area contributed by atoms with E-state index in [1.807, 2.05) is 4.98 Å². The molecule has 0 saturated heterocycles. The zero-order chi connectivity index (χ0) is 11.9. The van der Waals surface area contributed by atoms with E-state index in [-0.39, 0.29) is 16.6 Å². The first-order valence-corrected chi connectivity index (χ1v) is 4.15. The molecule has 82 valence electrons. The summed E-state index contributed by atoms with van der Waals surface area (Å²) in [6.45, 7) is 0. The molecule has 0 aliphatic rings. The lowest BCUT2D eigenvalue weighted by Gasteiger charge is -2.07. The summed E-state index contributed by atoms with van der Waals surface area (Å²) in [6.07, 6.45) is -4.61. The number of alkyl halides is 3.